The predicted octanol–water partition coefficient (Wildman–Crippen LogP) is 3.27. The van der Waals surface area contributed by atoms with Gasteiger partial charge in [-0.1, -0.05) is 31.9 Å². The number of hydrogen-bond donors (Lipinski definition) is 2. The van der Waals surface area contributed by atoms with Gasteiger partial charge < -0.3 is 10.4 Å². The topological polar surface area (TPSA) is 35.5 Å². The van der Waals surface area contributed by atoms with Crippen molar-refractivity contribution in [1.82, 2.24) is 10.2 Å². The maximum atomic E-state index is 10.3. The zero-order valence-electron chi connectivity index (χ0n) is 10.7. The molecule has 1 aromatic rings. The molecule has 2 aliphatic rings. The molecule has 1 atom stereocenters. The van der Waals surface area contributed by atoms with Crippen LogP contribution in [0.3, 0.4) is 0 Å². The molecule has 19 heavy (non-hydrogen) atoms. The van der Waals surface area contributed by atoms with E-state index in [1.165, 1.54) is 12.8 Å². The lowest BCUT2D eigenvalue weighted by atomic mass is 9.99. The molecule has 2 N–H and O–H groups in total. The van der Waals surface area contributed by atoms with E-state index in [0.29, 0.717) is 17.7 Å². The maximum Gasteiger partial charge on any atom is 0.122 e. The first-order chi connectivity index (χ1) is 9.16. The number of hydrogen-bond acceptors (Lipinski definition) is 3. The first-order valence-electron chi connectivity index (χ1n) is 6.79. The van der Waals surface area contributed by atoms with Gasteiger partial charge in [-0.05, 0) is 30.9 Å². The number of benzene rings is 1. The van der Waals surface area contributed by atoms with E-state index in [4.69, 9.17) is 0 Å². The van der Waals surface area contributed by atoms with Gasteiger partial charge in [0.1, 0.15) is 5.75 Å². The first kappa shape index (κ1) is 13.9. The molecule has 0 unspecified atom stereocenters. The second kappa shape index (κ2) is 5.72. The van der Waals surface area contributed by atoms with Crippen LogP contribution < -0.4 is 5.32 Å². The highest BCUT2D eigenvalue weighted by Crippen LogP contribution is 2.49. The van der Waals surface area contributed by atoms with Gasteiger partial charge in [-0.25, -0.2) is 0 Å². The number of phenolic OH excluding ortho intramolecular Hbond substituents is 1. The fourth-order valence-electron chi connectivity index (χ4n) is 2.95. The molecule has 3 nitrogen and oxygen atoms in total. The number of aromatic hydroxyl groups is 1. The Hall–Kier alpha value is -0.100. The number of halogens is 2. The van der Waals surface area contributed by atoms with Crippen LogP contribution in [0, 0.1) is 5.92 Å². The molecule has 0 amide bonds. The Bertz CT molecular complexity index is 448. The molecule has 1 aliphatic carbocycles. The molecular weight excluding hydrogens is 372 g/mol. The van der Waals surface area contributed by atoms with Crippen molar-refractivity contribution in [1.29, 1.82) is 0 Å². The van der Waals surface area contributed by atoms with Crippen molar-refractivity contribution in [3.8, 4) is 5.75 Å². The Morgan fingerprint density at radius 2 is 1.89 bits per heavy atom. The normalized spacial score (nSPS) is 22.4. The van der Waals surface area contributed by atoms with Crippen molar-refractivity contribution in [2.75, 3.05) is 26.2 Å². The van der Waals surface area contributed by atoms with Gasteiger partial charge in [0.15, 0.2) is 0 Å². The summed E-state index contributed by atoms with van der Waals surface area (Å²) in [4.78, 5) is 2.52. The maximum absolute atomic E-state index is 10.3. The molecule has 0 radical (unpaired) electrons. The third kappa shape index (κ3) is 2.99. The highest BCUT2D eigenvalue weighted by Gasteiger charge is 2.39. The molecule has 0 spiro atoms. The van der Waals surface area contributed by atoms with Crippen molar-refractivity contribution < 1.29 is 5.11 Å². The van der Waals surface area contributed by atoms with Crippen LogP contribution in [0.1, 0.15) is 24.4 Å². The van der Waals surface area contributed by atoms with E-state index in [9.17, 15) is 5.11 Å². The summed E-state index contributed by atoms with van der Waals surface area (Å²) in [6.45, 7) is 4.20. The molecule has 3 rings (SSSR count). The largest absolute Gasteiger partial charge is 0.508 e. The zero-order valence-corrected chi connectivity index (χ0v) is 13.9. The highest BCUT2D eigenvalue weighted by molar-refractivity contribution is 9.11. The van der Waals surface area contributed by atoms with Crippen molar-refractivity contribution in [2.45, 2.75) is 18.9 Å². The van der Waals surface area contributed by atoms with E-state index < -0.39 is 0 Å². The molecule has 1 heterocycles. The summed E-state index contributed by atoms with van der Waals surface area (Å²) >= 11 is 7.06. The van der Waals surface area contributed by atoms with E-state index in [2.05, 4.69) is 42.1 Å². The van der Waals surface area contributed by atoms with E-state index in [1.807, 2.05) is 6.07 Å². The molecule has 0 bridgehead atoms. The van der Waals surface area contributed by atoms with Gasteiger partial charge in [-0.15, -0.1) is 0 Å². The van der Waals surface area contributed by atoms with Gasteiger partial charge in [-0.3, -0.25) is 4.90 Å². The molecular formula is C14H18Br2N2O. The zero-order chi connectivity index (χ0) is 13.4. The van der Waals surface area contributed by atoms with Gasteiger partial charge in [0.2, 0.25) is 0 Å². The SMILES string of the molecule is Oc1cc(Br)cc(Br)c1[C@@H](C1CC1)N1CCNCC1. The minimum Gasteiger partial charge on any atom is -0.508 e. The van der Waals surface area contributed by atoms with Gasteiger partial charge in [0, 0.05) is 46.7 Å². The Kier molecular flexibility index (Phi) is 4.17. The Labute approximate surface area is 130 Å². The second-order valence-electron chi connectivity index (χ2n) is 5.39. The number of piperazine rings is 1. The number of nitrogens with zero attached hydrogens (tertiary/aromatic N) is 1. The lowest BCUT2D eigenvalue weighted by Crippen LogP contribution is -2.45. The van der Waals surface area contributed by atoms with Gasteiger partial charge >= 0.3 is 0 Å². The molecule has 5 heteroatoms. The van der Waals surface area contributed by atoms with Gasteiger partial charge in [0.25, 0.3) is 0 Å². The van der Waals surface area contributed by atoms with Crippen LogP contribution in [0.15, 0.2) is 21.1 Å². The third-order valence-corrected chi connectivity index (χ3v) is 5.10. The van der Waals surface area contributed by atoms with E-state index in [1.54, 1.807) is 6.07 Å². The monoisotopic (exact) mass is 388 g/mol. The Morgan fingerprint density at radius 3 is 2.47 bits per heavy atom. The molecule has 1 saturated carbocycles. The summed E-state index contributed by atoms with van der Waals surface area (Å²) in [5, 5.41) is 13.7. The summed E-state index contributed by atoms with van der Waals surface area (Å²) in [6.07, 6.45) is 2.55. The predicted molar refractivity (Wildman–Crippen MR) is 83.4 cm³/mol. The highest BCUT2D eigenvalue weighted by atomic mass is 79.9. The third-order valence-electron chi connectivity index (χ3n) is 3.98. The summed E-state index contributed by atoms with van der Waals surface area (Å²) < 4.78 is 1.92. The van der Waals surface area contributed by atoms with Crippen molar-refractivity contribution in [3.63, 3.8) is 0 Å². The Balaban J connectivity index is 1.95. The van der Waals surface area contributed by atoms with Crippen LogP contribution in [-0.4, -0.2) is 36.2 Å². The van der Waals surface area contributed by atoms with E-state index in [0.717, 1.165) is 40.7 Å². The number of phenols is 1. The van der Waals surface area contributed by atoms with Crippen LogP contribution in [0.2, 0.25) is 0 Å². The van der Waals surface area contributed by atoms with E-state index >= 15 is 0 Å². The molecule has 2 fully saturated rings. The van der Waals surface area contributed by atoms with Crippen LogP contribution in [0.25, 0.3) is 0 Å². The van der Waals surface area contributed by atoms with Gasteiger partial charge in [0.05, 0.1) is 0 Å². The average molecular weight is 390 g/mol. The lowest BCUT2D eigenvalue weighted by Gasteiger charge is -2.36. The number of nitrogens with one attached hydrogen (secondary N) is 1. The smallest absolute Gasteiger partial charge is 0.122 e. The lowest BCUT2D eigenvalue weighted by molar-refractivity contribution is 0.153. The summed E-state index contributed by atoms with van der Waals surface area (Å²) in [5.41, 5.74) is 1.06. The van der Waals surface area contributed by atoms with Gasteiger partial charge in [-0.2, -0.15) is 0 Å². The van der Waals surface area contributed by atoms with E-state index in [-0.39, 0.29) is 0 Å². The fourth-order valence-corrected chi connectivity index (χ4v) is 4.39. The molecule has 104 valence electrons. The fraction of sp³-hybridized carbons (Fsp3) is 0.571. The molecule has 1 aromatic carbocycles. The van der Waals surface area contributed by atoms with Crippen LogP contribution in [0.5, 0.6) is 5.75 Å². The van der Waals surface area contributed by atoms with Crippen LogP contribution in [0.4, 0.5) is 0 Å². The first-order valence-corrected chi connectivity index (χ1v) is 8.38. The van der Waals surface area contributed by atoms with Crippen LogP contribution in [-0.2, 0) is 0 Å². The number of rotatable bonds is 3. The summed E-state index contributed by atoms with van der Waals surface area (Å²) in [6, 6.07) is 4.19. The van der Waals surface area contributed by atoms with Crippen molar-refractivity contribution in [2.24, 2.45) is 5.92 Å². The summed E-state index contributed by atoms with van der Waals surface area (Å²) in [5.74, 6) is 1.10. The molecule has 0 aromatic heterocycles. The van der Waals surface area contributed by atoms with Crippen LogP contribution >= 0.6 is 31.9 Å². The molecule has 1 aliphatic heterocycles. The second-order valence-corrected chi connectivity index (χ2v) is 7.16. The standard InChI is InChI=1S/C14H18Br2N2O/c15-10-7-11(16)13(12(19)8-10)14(9-1-2-9)18-5-3-17-4-6-18/h7-9,14,17,19H,1-6H2/t14-/m1/s1. The Morgan fingerprint density at radius 1 is 1.21 bits per heavy atom. The quantitative estimate of drug-likeness (QED) is 0.832. The summed E-state index contributed by atoms with van der Waals surface area (Å²) in [7, 11) is 0. The minimum absolute atomic E-state index is 0.351. The van der Waals surface area contributed by atoms with Crippen molar-refractivity contribution >= 4 is 31.9 Å². The minimum atomic E-state index is 0.351. The molecule has 1 saturated heterocycles. The van der Waals surface area contributed by atoms with Crippen molar-refractivity contribution in [3.05, 3.63) is 26.6 Å². The average Bonchev–Trinajstić information content (AvgIpc) is 3.18.